The minimum atomic E-state index is 0. The van der Waals surface area contributed by atoms with Crippen LogP contribution in [0.5, 0.6) is 0 Å². The molecule has 1 fully saturated rings. The van der Waals surface area contributed by atoms with Crippen LogP contribution in [0.1, 0.15) is 31.2 Å². The van der Waals surface area contributed by atoms with Crippen molar-refractivity contribution in [2.45, 2.75) is 44.2 Å². The first-order valence-electron chi connectivity index (χ1n) is 10.1. The van der Waals surface area contributed by atoms with Crippen molar-refractivity contribution in [1.82, 2.24) is 10.3 Å². The molecular weight excluding hydrogens is 496 g/mol. The first-order valence-corrected chi connectivity index (χ1v) is 11.2. The number of hydrogen-bond donors (Lipinski definition) is 2. The maximum absolute atomic E-state index is 6.27. The topological polar surface area (TPSA) is 37.0 Å². The molecule has 0 spiro atoms. The van der Waals surface area contributed by atoms with Gasteiger partial charge in [0.15, 0.2) is 0 Å². The van der Waals surface area contributed by atoms with Crippen molar-refractivity contribution < 1.29 is 0 Å². The molecule has 1 saturated carbocycles. The van der Waals surface area contributed by atoms with Crippen molar-refractivity contribution in [1.29, 1.82) is 0 Å². The summed E-state index contributed by atoms with van der Waals surface area (Å²) in [6.07, 6.45) is 7.28. The van der Waals surface area contributed by atoms with Gasteiger partial charge in [-0.05, 0) is 80.6 Å². The van der Waals surface area contributed by atoms with Gasteiger partial charge < -0.3 is 10.6 Å². The van der Waals surface area contributed by atoms with Crippen molar-refractivity contribution in [2.75, 3.05) is 11.9 Å². The number of nitrogens with zero attached hydrogens (tertiary/aromatic N) is 1. The summed E-state index contributed by atoms with van der Waals surface area (Å²) in [4.78, 5) is 4.43. The highest BCUT2D eigenvalue weighted by atomic mass is 35.5. The van der Waals surface area contributed by atoms with Crippen LogP contribution in [0.3, 0.4) is 0 Å². The van der Waals surface area contributed by atoms with Crippen molar-refractivity contribution in [3.05, 3.63) is 69.3 Å². The molecule has 8 heteroatoms. The molecule has 1 aliphatic rings. The lowest BCUT2D eigenvalue weighted by Crippen LogP contribution is -2.37. The number of aromatic nitrogens is 1. The van der Waals surface area contributed by atoms with E-state index < -0.39 is 0 Å². The Morgan fingerprint density at radius 3 is 2.26 bits per heavy atom. The second kappa shape index (κ2) is 12.3. The Morgan fingerprint density at radius 1 is 0.871 bits per heavy atom. The number of hydrogen-bond acceptors (Lipinski definition) is 3. The average molecular weight is 522 g/mol. The Bertz CT molecular complexity index is 970. The second-order valence-electron chi connectivity index (χ2n) is 7.62. The summed E-state index contributed by atoms with van der Waals surface area (Å²) >= 11 is 18.6. The van der Waals surface area contributed by atoms with Gasteiger partial charge in [-0.25, -0.2) is 0 Å². The second-order valence-corrected chi connectivity index (χ2v) is 8.87. The van der Waals surface area contributed by atoms with Crippen LogP contribution in [0.2, 0.25) is 15.1 Å². The fourth-order valence-electron chi connectivity index (χ4n) is 4.08. The van der Waals surface area contributed by atoms with E-state index in [0.29, 0.717) is 17.1 Å². The third kappa shape index (κ3) is 6.77. The average Bonchev–Trinajstić information content (AvgIpc) is 2.71. The highest BCUT2D eigenvalue weighted by molar-refractivity contribution is 6.36. The summed E-state index contributed by atoms with van der Waals surface area (Å²) in [5.41, 5.74) is 3.09. The Kier molecular flexibility index (Phi) is 10.5. The van der Waals surface area contributed by atoms with Crippen molar-refractivity contribution in [2.24, 2.45) is 0 Å². The fourth-order valence-corrected chi connectivity index (χ4v) is 4.83. The van der Waals surface area contributed by atoms with E-state index in [1.54, 1.807) is 0 Å². The molecule has 0 saturated heterocycles. The minimum absolute atomic E-state index is 0. The molecule has 1 aromatic heterocycles. The van der Waals surface area contributed by atoms with Crippen LogP contribution in [0.25, 0.3) is 10.9 Å². The van der Waals surface area contributed by atoms with Gasteiger partial charge in [0.25, 0.3) is 0 Å². The third-order valence-corrected chi connectivity index (χ3v) is 6.60. The summed E-state index contributed by atoms with van der Waals surface area (Å²) < 4.78 is 0. The van der Waals surface area contributed by atoms with Gasteiger partial charge in [0.1, 0.15) is 0 Å². The maximum atomic E-state index is 6.27. The van der Waals surface area contributed by atoms with E-state index in [1.807, 2.05) is 48.7 Å². The van der Waals surface area contributed by atoms with Crippen LogP contribution >= 0.6 is 59.6 Å². The molecule has 3 nitrogen and oxygen atoms in total. The molecule has 168 valence electrons. The summed E-state index contributed by atoms with van der Waals surface area (Å²) in [7, 11) is 0. The van der Waals surface area contributed by atoms with E-state index in [9.17, 15) is 0 Å². The largest absolute Gasteiger partial charge is 0.382 e. The minimum Gasteiger partial charge on any atom is -0.382 e. The zero-order chi connectivity index (χ0) is 20.2. The van der Waals surface area contributed by atoms with Gasteiger partial charge in [-0.3, -0.25) is 4.98 Å². The molecule has 2 N–H and O–H groups in total. The van der Waals surface area contributed by atoms with Crippen molar-refractivity contribution >= 4 is 76.2 Å². The Labute approximate surface area is 211 Å². The molecule has 1 heterocycles. The number of rotatable bonds is 6. The van der Waals surface area contributed by atoms with Crippen molar-refractivity contribution in [3.63, 3.8) is 0 Å². The monoisotopic (exact) mass is 519 g/mol. The molecule has 4 rings (SSSR count). The number of halogens is 5. The van der Waals surface area contributed by atoms with Crippen molar-refractivity contribution in [3.8, 4) is 0 Å². The number of anilines is 1. The zero-order valence-electron chi connectivity index (χ0n) is 16.9. The lowest BCUT2D eigenvalue weighted by Gasteiger charge is -2.30. The Morgan fingerprint density at radius 2 is 1.55 bits per heavy atom. The third-order valence-electron chi connectivity index (χ3n) is 5.66. The lowest BCUT2D eigenvalue weighted by atomic mass is 9.90. The van der Waals surface area contributed by atoms with Crippen LogP contribution in [-0.4, -0.2) is 23.6 Å². The smallest absolute Gasteiger partial charge is 0.0737 e. The van der Waals surface area contributed by atoms with Gasteiger partial charge in [-0.2, -0.15) is 0 Å². The van der Waals surface area contributed by atoms with E-state index in [1.165, 1.54) is 0 Å². The van der Waals surface area contributed by atoms with E-state index in [0.717, 1.165) is 70.8 Å². The summed E-state index contributed by atoms with van der Waals surface area (Å²) in [6.45, 7) is 0.891. The molecule has 1 aliphatic carbocycles. The standard InChI is InChI=1S/C23H24Cl3N3.2ClH/c24-15-4-9-19-22(11-13-28-23(19)14-15)29-17-7-5-16(6-8-17)27-12-10-18-20(25)2-1-3-21(18)26;;/h1-4,9,11,13-14,16-17,27H,5-8,10,12H2,(H,28,29);2*1H. The summed E-state index contributed by atoms with van der Waals surface area (Å²) in [5.74, 6) is 0. The first-order chi connectivity index (χ1) is 14.1. The molecule has 2 aromatic carbocycles. The SMILES string of the molecule is Cl.Cl.Clc1ccc2c(NC3CCC(NCCc4c(Cl)cccc4Cl)CC3)ccnc2c1. The number of pyridine rings is 1. The van der Waals surface area contributed by atoms with Crippen LogP contribution in [0.15, 0.2) is 48.7 Å². The molecule has 3 aromatic rings. The highest BCUT2D eigenvalue weighted by Crippen LogP contribution is 2.28. The predicted molar refractivity (Wildman–Crippen MR) is 139 cm³/mol. The molecule has 0 aliphatic heterocycles. The van der Waals surface area contributed by atoms with Gasteiger partial charge in [-0.15, -0.1) is 24.8 Å². The number of fused-ring (bicyclic) bond motifs is 1. The summed E-state index contributed by atoms with van der Waals surface area (Å²) in [6, 6.07) is 14.6. The predicted octanol–water partition coefficient (Wildman–Crippen LogP) is 7.59. The van der Waals surface area contributed by atoms with Crippen LogP contribution in [0, 0.1) is 0 Å². The Balaban J connectivity index is 0.00000171. The van der Waals surface area contributed by atoms with Crippen LogP contribution < -0.4 is 10.6 Å². The zero-order valence-corrected chi connectivity index (χ0v) is 20.8. The van der Waals surface area contributed by atoms with Gasteiger partial charge >= 0.3 is 0 Å². The Hall–Kier alpha value is -0.940. The molecule has 0 atom stereocenters. The molecule has 0 unspecified atom stereocenters. The van der Waals surface area contributed by atoms with E-state index in [4.69, 9.17) is 34.8 Å². The molecule has 0 amide bonds. The molecular formula is C23H26Cl5N3. The van der Waals surface area contributed by atoms with Gasteiger partial charge in [0, 0.05) is 44.4 Å². The fraction of sp³-hybridized carbons (Fsp3) is 0.348. The number of benzene rings is 2. The molecule has 31 heavy (non-hydrogen) atoms. The van der Waals surface area contributed by atoms with E-state index in [2.05, 4.69) is 15.6 Å². The lowest BCUT2D eigenvalue weighted by molar-refractivity contribution is 0.356. The van der Waals surface area contributed by atoms with Gasteiger partial charge in [-0.1, -0.05) is 40.9 Å². The van der Waals surface area contributed by atoms with Crippen LogP contribution in [-0.2, 0) is 6.42 Å². The highest BCUT2D eigenvalue weighted by Gasteiger charge is 2.21. The first kappa shape index (κ1) is 26.3. The van der Waals surface area contributed by atoms with E-state index in [-0.39, 0.29) is 24.8 Å². The molecule has 0 bridgehead atoms. The van der Waals surface area contributed by atoms with E-state index >= 15 is 0 Å². The normalized spacial score (nSPS) is 18.2. The van der Waals surface area contributed by atoms with Gasteiger partial charge in [0.05, 0.1) is 5.52 Å². The van der Waals surface area contributed by atoms with Crippen LogP contribution in [0.4, 0.5) is 5.69 Å². The molecule has 0 radical (unpaired) electrons. The quantitative estimate of drug-likeness (QED) is 0.351. The maximum Gasteiger partial charge on any atom is 0.0737 e. The van der Waals surface area contributed by atoms with Gasteiger partial charge in [0.2, 0.25) is 0 Å². The number of nitrogens with one attached hydrogen (secondary N) is 2. The summed E-state index contributed by atoms with van der Waals surface area (Å²) in [5, 5.41) is 10.7.